The van der Waals surface area contributed by atoms with Crippen LogP contribution in [0, 0.1) is 5.92 Å². The van der Waals surface area contributed by atoms with Crippen molar-refractivity contribution in [2.75, 3.05) is 26.2 Å². The normalized spacial score (nSPS) is 24.1. The average molecular weight is 292 g/mol. The largest absolute Gasteiger partial charge is 0.394 e. The van der Waals surface area contributed by atoms with Gasteiger partial charge in [-0.25, -0.2) is 0 Å². The van der Waals surface area contributed by atoms with Crippen molar-refractivity contribution in [1.29, 1.82) is 0 Å². The number of carbonyl (C=O) groups excluding carboxylic acids is 1. The summed E-state index contributed by atoms with van der Waals surface area (Å²) in [6, 6.07) is 0. The van der Waals surface area contributed by atoms with Crippen LogP contribution in [0.25, 0.3) is 0 Å². The number of likely N-dealkylation sites (tertiary alicyclic amines) is 1. The summed E-state index contributed by atoms with van der Waals surface area (Å²) in [5, 5.41) is 46.9. The third-order valence-electron chi connectivity index (χ3n) is 3.76. The molecule has 0 aromatic rings. The van der Waals surface area contributed by atoms with Crippen LogP contribution in [0.15, 0.2) is 0 Å². The molecule has 0 radical (unpaired) electrons. The predicted octanol–water partition coefficient (Wildman–Crippen LogP) is -3.38. The van der Waals surface area contributed by atoms with Gasteiger partial charge in [-0.15, -0.1) is 0 Å². The lowest BCUT2D eigenvalue weighted by Gasteiger charge is -2.34. The third-order valence-corrected chi connectivity index (χ3v) is 3.76. The van der Waals surface area contributed by atoms with Gasteiger partial charge in [-0.1, -0.05) is 0 Å². The minimum absolute atomic E-state index is 0.113. The maximum atomic E-state index is 11.0. The van der Waals surface area contributed by atoms with Gasteiger partial charge in [0.1, 0.15) is 18.3 Å². The summed E-state index contributed by atoms with van der Waals surface area (Å²) in [7, 11) is 0. The molecule has 7 N–H and O–H groups in total. The molecule has 1 rings (SSSR count). The molecule has 0 saturated carbocycles. The van der Waals surface area contributed by atoms with Gasteiger partial charge in [0, 0.05) is 12.5 Å². The van der Waals surface area contributed by atoms with E-state index in [9.17, 15) is 25.2 Å². The van der Waals surface area contributed by atoms with Gasteiger partial charge in [0.25, 0.3) is 0 Å². The maximum absolute atomic E-state index is 11.0. The molecular formula is C12H24N2O6. The Morgan fingerprint density at radius 1 is 1.10 bits per heavy atom. The Morgan fingerprint density at radius 3 is 2.05 bits per heavy atom. The summed E-state index contributed by atoms with van der Waals surface area (Å²) >= 11 is 0. The number of aliphatic hydroxyl groups is 5. The van der Waals surface area contributed by atoms with E-state index in [1.54, 1.807) is 0 Å². The fourth-order valence-corrected chi connectivity index (χ4v) is 2.34. The van der Waals surface area contributed by atoms with Gasteiger partial charge >= 0.3 is 0 Å². The molecule has 0 unspecified atom stereocenters. The molecule has 4 atom stereocenters. The first kappa shape index (κ1) is 17.3. The predicted molar refractivity (Wildman–Crippen MR) is 69.5 cm³/mol. The second kappa shape index (κ2) is 7.87. The molecule has 1 amide bonds. The molecule has 8 heteroatoms. The smallest absolute Gasteiger partial charge is 0.220 e. The molecular weight excluding hydrogens is 268 g/mol. The molecule has 0 aromatic heterocycles. The molecule has 1 aliphatic heterocycles. The zero-order valence-electron chi connectivity index (χ0n) is 11.3. The first-order chi connectivity index (χ1) is 9.36. The highest BCUT2D eigenvalue weighted by atomic mass is 16.4. The summed E-state index contributed by atoms with van der Waals surface area (Å²) in [5.41, 5.74) is 5.22. The Balaban J connectivity index is 2.39. The quantitative estimate of drug-likeness (QED) is 0.287. The van der Waals surface area contributed by atoms with E-state index in [1.165, 1.54) is 0 Å². The van der Waals surface area contributed by atoms with Crippen LogP contribution in [-0.2, 0) is 4.79 Å². The van der Waals surface area contributed by atoms with Gasteiger partial charge < -0.3 is 36.2 Å². The molecule has 1 saturated heterocycles. The fourth-order valence-electron chi connectivity index (χ4n) is 2.34. The van der Waals surface area contributed by atoms with Crippen molar-refractivity contribution >= 4 is 5.91 Å². The molecule has 0 bridgehead atoms. The summed E-state index contributed by atoms with van der Waals surface area (Å²) in [5.74, 6) is -0.484. The van der Waals surface area contributed by atoms with Crippen LogP contribution in [-0.4, -0.2) is 87.0 Å². The van der Waals surface area contributed by atoms with Crippen LogP contribution < -0.4 is 5.73 Å². The van der Waals surface area contributed by atoms with E-state index >= 15 is 0 Å². The number of β-amino-alcohol motifs (C(OH)–C–C–N with tert-alkyl or cyclic N) is 1. The van der Waals surface area contributed by atoms with Crippen molar-refractivity contribution in [2.24, 2.45) is 11.7 Å². The molecule has 0 spiro atoms. The van der Waals surface area contributed by atoms with E-state index in [-0.39, 0.29) is 18.4 Å². The first-order valence-electron chi connectivity index (χ1n) is 6.71. The van der Waals surface area contributed by atoms with Crippen molar-refractivity contribution < 1.29 is 30.3 Å². The Morgan fingerprint density at radius 2 is 1.60 bits per heavy atom. The zero-order chi connectivity index (χ0) is 15.3. The molecule has 1 heterocycles. The van der Waals surface area contributed by atoms with Crippen molar-refractivity contribution in [3.05, 3.63) is 0 Å². The van der Waals surface area contributed by atoms with Crippen molar-refractivity contribution in [3.63, 3.8) is 0 Å². The van der Waals surface area contributed by atoms with Crippen molar-refractivity contribution in [2.45, 2.75) is 37.3 Å². The summed E-state index contributed by atoms with van der Waals surface area (Å²) in [4.78, 5) is 12.9. The third kappa shape index (κ3) is 4.65. The van der Waals surface area contributed by atoms with E-state index in [2.05, 4.69) is 0 Å². The number of hydrogen-bond donors (Lipinski definition) is 6. The Hall–Kier alpha value is -0.770. The number of nitrogens with zero attached hydrogens (tertiary/aromatic N) is 1. The zero-order valence-corrected chi connectivity index (χ0v) is 11.3. The van der Waals surface area contributed by atoms with Crippen LogP contribution in [0.4, 0.5) is 0 Å². The molecule has 1 fully saturated rings. The SMILES string of the molecule is NC(=O)C1CCN(C[C@H](O)[C@@H](O)[C@H](O)[C@H](O)CO)CC1. The van der Waals surface area contributed by atoms with Crippen LogP contribution in [0.3, 0.4) is 0 Å². The van der Waals surface area contributed by atoms with Crippen LogP contribution in [0.2, 0.25) is 0 Å². The number of hydrogen-bond acceptors (Lipinski definition) is 7. The van der Waals surface area contributed by atoms with Gasteiger partial charge in [0.2, 0.25) is 5.91 Å². The molecule has 8 nitrogen and oxygen atoms in total. The number of nitrogens with two attached hydrogens (primary N) is 1. The lowest BCUT2D eigenvalue weighted by molar-refractivity contribution is -0.125. The van der Waals surface area contributed by atoms with E-state index in [4.69, 9.17) is 10.8 Å². The Kier molecular flexibility index (Phi) is 6.80. The highest BCUT2D eigenvalue weighted by molar-refractivity contribution is 5.76. The van der Waals surface area contributed by atoms with Gasteiger partial charge in [-0.05, 0) is 25.9 Å². The van der Waals surface area contributed by atoms with Crippen molar-refractivity contribution in [3.8, 4) is 0 Å². The summed E-state index contributed by atoms with van der Waals surface area (Å²) < 4.78 is 0. The fraction of sp³-hybridized carbons (Fsp3) is 0.917. The van der Waals surface area contributed by atoms with Gasteiger partial charge in [0.15, 0.2) is 0 Å². The number of amides is 1. The second-order valence-electron chi connectivity index (χ2n) is 5.28. The van der Waals surface area contributed by atoms with E-state index in [1.807, 2.05) is 4.90 Å². The molecule has 118 valence electrons. The van der Waals surface area contributed by atoms with Crippen molar-refractivity contribution in [1.82, 2.24) is 4.90 Å². The van der Waals surface area contributed by atoms with Crippen LogP contribution in [0.1, 0.15) is 12.8 Å². The number of aliphatic hydroxyl groups excluding tert-OH is 5. The standard InChI is InChI=1S/C12H24N2O6/c13-12(20)7-1-3-14(4-2-7)5-8(16)10(18)11(19)9(17)6-15/h7-11,15-19H,1-6H2,(H2,13,20)/t8-,9+,10+,11+/m0/s1. The average Bonchev–Trinajstić information content (AvgIpc) is 2.45. The molecule has 20 heavy (non-hydrogen) atoms. The summed E-state index contributed by atoms with van der Waals surface area (Å²) in [6.45, 7) is 0.545. The van der Waals surface area contributed by atoms with E-state index < -0.39 is 31.0 Å². The van der Waals surface area contributed by atoms with Gasteiger partial charge in [-0.2, -0.15) is 0 Å². The second-order valence-corrected chi connectivity index (χ2v) is 5.28. The first-order valence-corrected chi connectivity index (χ1v) is 6.71. The van der Waals surface area contributed by atoms with E-state index in [0.29, 0.717) is 25.9 Å². The van der Waals surface area contributed by atoms with Gasteiger partial charge in [-0.3, -0.25) is 4.79 Å². The maximum Gasteiger partial charge on any atom is 0.220 e. The van der Waals surface area contributed by atoms with Gasteiger partial charge in [0.05, 0.1) is 12.7 Å². The van der Waals surface area contributed by atoms with Crippen LogP contribution >= 0.6 is 0 Å². The molecule has 0 aromatic carbocycles. The topological polar surface area (TPSA) is 147 Å². The monoisotopic (exact) mass is 292 g/mol. The number of carbonyl (C=O) groups is 1. The summed E-state index contributed by atoms with van der Waals surface area (Å²) in [6.07, 6.45) is -4.72. The lowest BCUT2D eigenvalue weighted by Crippen LogP contribution is -2.51. The minimum Gasteiger partial charge on any atom is -0.394 e. The Labute approximate surface area is 117 Å². The number of rotatable bonds is 7. The Bertz CT molecular complexity index is 308. The highest BCUT2D eigenvalue weighted by Gasteiger charge is 2.32. The molecule has 0 aliphatic carbocycles. The number of piperidine rings is 1. The minimum atomic E-state index is -1.61. The highest BCUT2D eigenvalue weighted by Crippen LogP contribution is 2.17. The molecule has 1 aliphatic rings. The number of primary amides is 1. The van der Waals surface area contributed by atoms with E-state index in [0.717, 1.165) is 0 Å². The van der Waals surface area contributed by atoms with Crippen LogP contribution in [0.5, 0.6) is 0 Å². The lowest BCUT2D eigenvalue weighted by atomic mass is 9.95.